The van der Waals surface area contributed by atoms with Crippen LogP contribution in [-0.4, -0.2) is 62.5 Å². The van der Waals surface area contributed by atoms with Gasteiger partial charge in [0.15, 0.2) is 0 Å². The van der Waals surface area contributed by atoms with E-state index in [1.807, 2.05) is 26.2 Å². The maximum atomic E-state index is 11.9. The van der Waals surface area contributed by atoms with Crippen LogP contribution in [0.25, 0.3) is 0 Å². The van der Waals surface area contributed by atoms with E-state index >= 15 is 0 Å². The van der Waals surface area contributed by atoms with Crippen LogP contribution in [0.3, 0.4) is 0 Å². The van der Waals surface area contributed by atoms with Crippen molar-refractivity contribution >= 4 is 47.2 Å². The number of halogens is 3. The van der Waals surface area contributed by atoms with Gasteiger partial charge in [-0.05, 0) is 49.8 Å². The molecule has 1 amide bonds. The number of hydrogen-bond acceptors (Lipinski definition) is 3. The highest BCUT2D eigenvalue weighted by Gasteiger charge is 2.25. The van der Waals surface area contributed by atoms with Gasteiger partial charge in [0, 0.05) is 46.7 Å². The van der Waals surface area contributed by atoms with Crippen molar-refractivity contribution < 1.29 is 4.79 Å². The summed E-state index contributed by atoms with van der Waals surface area (Å²) in [5.74, 6) is 1.70. The highest BCUT2D eigenvalue weighted by atomic mass is 35.5. The summed E-state index contributed by atoms with van der Waals surface area (Å²) in [6.45, 7) is 5.34. The average molecular weight is 463 g/mol. The van der Waals surface area contributed by atoms with Crippen LogP contribution in [0.5, 0.6) is 0 Å². The number of hydrogen-bond donors (Lipinski definition) is 0. The lowest BCUT2D eigenvalue weighted by Crippen LogP contribution is -2.47. The van der Waals surface area contributed by atoms with E-state index in [2.05, 4.69) is 15.9 Å². The minimum absolute atomic E-state index is 0. The first kappa shape index (κ1) is 24.6. The summed E-state index contributed by atoms with van der Waals surface area (Å²) in [7, 11) is 3.71. The Morgan fingerprint density at radius 2 is 1.66 bits per heavy atom. The number of carbonyl (C=O) groups is 1. The van der Waals surface area contributed by atoms with Gasteiger partial charge in [-0.2, -0.15) is 0 Å². The minimum atomic E-state index is 0. The zero-order valence-corrected chi connectivity index (χ0v) is 19.9. The number of piperazine rings is 1. The molecule has 0 bridgehead atoms. The summed E-state index contributed by atoms with van der Waals surface area (Å²) < 4.78 is 0. The first-order valence-corrected chi connectivity index (χ1v) is 11.3. The molecule has 1 aliphatic heterocycles. The number of anilines is 1. The van der Waals surface area contributed by atoms with Crippen LogP contribution in [0.15, 0.2) is 18.2 Å². The number of amides is 1. The summed E-state index contributed by atoms with van der Waals surface area (Å²) >= 11 is 12.5. The zero-order valence-electron chi connectivity index (χ0n) is 17.6. The fourth-order valence-corrected chi connectivity index (χ4v) is 4.88. The van der Waals surface area contributed by atoms with Gasteiger partial charge < -0.3 is 9.80 Å². The highest BCUT2D eigenvalue weighted by molar-refractivity contribution is 6.43. The van der Waals surface area contributed by atoms with Crippen molar-refractivity contribution in [3.8, 4) is 0 Å². The largest absolute Gasteiger partial charge is 0.368 e. The quantitative estimate of drug-likeness (QED) is 0.580. The van der Waals surface area contributed by atoms with Gasteiger partial charge in [0.05, 0.1) is 15.7 Å². The molecule has 2 fully saturated rings. The molecule has 4 nitrogen and oxygen atoms in total. The molecular formula is C22H34Cl3N3O. The van der Waals surface area contributed by atoms with Crippen molar-refractivity contribution in [2.24, 2.45) is 11.8 Å². The normalized spacial score (nSPS) is 22.8. The molecule has 1 saturated heterocycles. The lowest BCUT2D eigenvalue weighted by atomic mass is 9.79. The van der Waals surface area contributed by atoms with E-state index in [0.29, 0.717) is 16.0 Å². The molecule has 0 atom stereocenters. The monoisotopic (exact) mass is 461 g/mol. The van der Waals surface area contributed by atoms with Crippen LogP contribution >= 0.6 is 35.6 Å². The maximum Gasteiger partial charge on any atom is 0.222 e. The lowest BCUT2D eigenvalue weighted by Gasteiger charge is -2.37. The van der Waals surface area contributed by atoms with Gasteiger partial charge in [0.2, 0.25) is 5.91 Å². The van der Waals surface area contributed by atoms with Crippen LogP contribution in [-0.2, 0) is 4.79 Å². The number of benzene rings is 1. The molecule has 1 aliphatic carbocycles. The fraction of sp³-hybridized carbons (Fsp3) is 0.682. The second-order valence-corrected chi connectivity index (χ2v) is 9.35. The summed E-state index contributed by atoms with van der Waals surface area (Å²) in [6, 6.07) is 5.87. The van der Waals surface area contributed by atoms with E-state index in [0.717, 1.165) is 44.2 Å². The van der Waals surface area contributed by atoms with Gasteiger partial charge in [-0.15, -0.1) is 12.4 Å². The maximum absolute atomic E-state index is 11.9. The third kappa shape index (κ3) is 6.92. The van der Waals surface area contributed by atoms with Gasteiger partial charge in [-0.3, -0.25) is 9.69 Å². The van der Waals surface area contributed by atoms with Crippen LogP contribution in [0.4, 0.5) is 5.69 Å². The van der Waals surface area contributed by atoms with Crippen LogP contribution < -0.4 is 4.90 Å². The molecule has 1 heterocycles. The molecule has 0 spiro atoms. The Bertz CT molecular complexity index is 655. The molecule has 1 saturated carbocycles. The first-order valence-electron chi connectivity index (χ1n) is 10.6. The molecule has 29 heavy (non-hydrogen) atoms. The molecule has 164 valence electrons. The fourth-order valence-electron chi connectivity index (χ4n) is 4.47. The summed E-state index contributed by atoms with van der Waals surface area (Å²) in [5, 5.41) is 1.30. The zero-order chi connectivity index (χ0) is 20.1. The van der Waals surface area contributed by atoms with Gasteiger partial charge in [-0.25, -0.2) is 0 Å². The highest BCUT2D eigenvalue weighted by Crippen LogP contribution is 2.34. The molecule has 0 aromatic heterocycles. The average Bonchev–Trinajstić information content (AvgIpc) is 2.70. The van der Waals surface area contributed by atoms with Gasteiger partial charge in [0.25, 0.3) is 0 Å². The van der Waals surface area contributed by atoms with E-state index in [1.54, 1.807) is 4.90 Å². The van der Waals surface area contributed by atoms with Gasteiger partial charge >= 0.3 is 0 Å². The Morgan fingerprint density at radius 1 is 1.03 bits per heavy atom. The second-order valence-electron chi connectivity index (χ2n) is 8.57. The van der Waals surface area contributed by atoms with Crippen LogP contribution in [0.1, 0.15) is 38.5 Å². The van der Waals surface area contributed by atoms with Crippen molar-refractivity contribution in [2.75, 3.05) is 51.7 Å². The molecule has 1 aromatic carbocycles. The third-order valence-corrected chi connectivity index (χ3v) is 7.24. The van der Waals surface area contributed by atoms with Crippen molar-refractivity contribution in [3.05, 3.63) is 28.2 Å². The number of nitrogens with zero attached hydrogens (tertiary/aromatic N) is 3. The molecule has 0 unspecified atom stereocenters. The van der Waals surface area contributed by atoms with Gasteiger partial charge in [0.1, 0.15) is 0 Å². The molecule has 0 radical (unpaired) electrons. The topological polar surface area (TPSA) is 26.8 Å². The molecular weight excluding hydrogens is 429 g/mol. The SMILES string of the molecule is CN(C)C(=O)CC1CCC(CCN2CCN(c3cccc(Cl)c3Cl)CC2)CC1.Cl. The van der Waals surface area contributed by atoms with Crippen LogP contribution in [0, 0.1) is 11.8 Å². The Kier molecular flexibility index (Phi) is 9.87. The lowest BCUT2D eigenvalue weighted by molar-refractivity contribution is -0.130. The van der Waals surface area contributed by atoms with Crippen LogP contribution in [0.2, 0.25) is 10.0 Å². The Hall–Kier alpha value is -0.680. The first-order chi connectivity index (χ1) is 13.4. The predicted molar refractivity (Wildman–Crippen MR) is 126 cm³/mol. The van der Waals surface area contributed by atoms with Crippen molar-refractivity contribution in [3.63, 3.8) is 0 Å². The third-order valence-electron chi connectivity index (χ3n) is 6.43. The summed E-state index contributed by atoms with van der Waals surface area (Å²) in [4.78, 5) is 18.5. The Morgan fingerprint density at radius 3 is 2.28 bits per heavy atom. The summed E-state index contributed by atoms with van der Waals surface area (Å²) in [5.41, 5.74) is 1.06. The van der Waals surface area contributed by atoms with E-state index < -0.39 is 0 Å². The summed E-state index contributed by atoms with van der Waals surface area (Å²) in [6.07, 6.45) is 7.00. The van der Waals surface area contributed by atoms with E-state index in [1.165, 1.54) is 38.6 Å². The molecule has 1 aromatic rings. The molecule has 0 N–H and O–H groups in total. The van der Waals surface area contributed by atoms with Crippen molar-refractivity contribution in [1.29, 1.82) is 0 Å². The van der Waals surface area contributed by atoms with Crippen molar-refractivity contribution in [1.82, 2.24) is 9.80 Å². The standard InChI is InChI=1S/C22H33Cl2N3O.ClH/c1-25(2)21(28)16-18-8-6-17(7-9-18)10-11-26-12-14-27(15-13-26)20-5-3-4-19(23)22(20)24;/h3-5,17-18H,6-16H2,1-2H3;1H. The second kappa shape index (κ2) is 11.6. The number of rotatable bonds is 6. The van der Waals surface area contributed by atoms with E-state index in [9.17, 15) is 4.79 Å². The Balaban J connectivity index is 0.00000300. The van der Waals surface area contributed by atoms with Gasteiger partial charge in [-0.1, -0.05) is 42.1 Å². The predicted octanol–water partition coefficient (Wildman–Crippen LogP) is 5.21. The van der Waals surface area contributed by atoms with Crippen molar-refractivity contribution in [2.45, 2.75) is 38.5 Å². The smallest absolute Gasteiger partial charge is 0.222 e. The molecule has 2 aliphatic rings. The Labute approximate surface area is 191 Å². The minimum Gasteiger partial charge on any atom is -0.368 e. The molecule has 7 heteroatoms. The van der Waals surface area contributed by atoms with E-state index in [4.69, 9.17) is 23.2 Å². The molecule has 3 rings (SSSR count). The number of carbonyl (C=O) groups excluding carboxylic acids is 1. The van der Waals surface area contributed by atoms with E-state index in [-0.39, 0.29) is 18.3 Å².